The molecule has 0 saturated carbocycles. The number of fused-ring (bicyclic) bond motifs is 3. The Hall–Kier alpha value is -2.75. The molecule has 0 spiro atoms. The lowest BCUT2D eigenvalue weighted by atomic mass is 9.86. The van der Waals surface area contributed by atoms with Crippen molar-refractivity contribution < 1.29 is 9.53 Å². The molecule has 1 heterocycles. The van der Waals surface area contributed by atoms with Crippen LogP contribution in [0.4, 0.5) is 0 Å². The number of methoxy groups -OCH3 is 1. The summed E-state index contributed by atoms with van der Waals surface area (Å²) in [5.74, 6) is 0.966. The predicted octanol–water partition coefficient (Wildman–Crippen LogP) is 3.60. The molecule has 4 rings (SSSR count). The van der Waals surface area contributed by atoms with Gasteiger partial charge in [-0.25, -0.2) is 0 Å². The van der Waals surface area contributed by atoms with E-state index in [1.54, 1.807) is 7.11 Å². The number of H-pyrrole nitrogens is 1. The lowest BCUT2D eigenvalue weighted by Gasteiger charge is -2.22. The molecule has 0 bridgehead atoms. The zero-order valence-corrected chi connectivity index (χ0v) is 14.3. The molecule has 1 aromatic heterocycles. The molecule has 1 aliphatic rings. The third-order valence-corrected chi connectivity index (χ3v) is 5.11. The van der Waals surface area contributed by atoms with Crippen LogP contribution in [0, 0.1) is 5.92 Å². The number of aryl methyl sites for hydroxylation is 1. The van der Waals surface area contributed by atoms with E-state index in [4.69, 9.17) is 4.74 Å². The van der Waals surface area contributed by atoms with Crippen molar-refractivity contribution in [3.63, 3.8) is 0 Å². The SMILES string of the molecule is COc1ccccc1CNC(=O)C1CCc2[nH]c3ccccc3c2C1. The molecular weight excluding hydrogens is 312 g/mol. The number of ether oxygens (including phenoxy) is 1. The minimum Gasteiger partial charge on any atom is -0.496 e. The Bertz CT molecular complexity index is 913. The highest BCUT2D eigenvalue weighted by Crippen LogP contribution is 2.31. The number of hydrogen-bond donors (Lipinski definition) is 2. The summed E-state index contributed by atoms with van der Waals surface area (Å²) >= 11 is 0. The smallest absolute Gasteiger partial charge is 0.223 e. The first-order chi connectivity index (χ1) is 12.3. The van der Waals surface area contributed by atoms with Gasteiger partial charge in [0.2, 0.25) is 5.91 Å². The molecule has 0 fully saturated rings. The van der Waals surface area contributed by atoms with Crippen molar-refractivity contribution >= 4 is 16.8 Å². The van der Waals surface area contributed by atoms with Gasteiger partial charge in [0.1, 0.15) is 5.75 Å². The monoisotopic (exact) mass is 334 g/mol. The third kappa shape index (κ3) is 3.00. The van der Waals surface area contributed by atoms with E-state index < -0.39 is 0 Å². The largest absolute Gasteiger partial charge is 0.496 e. The standard InChI is InChI=1S/C21H22N2O2/c1-25-20-9-5-2-6-15(20)13-22-21(24)14-10-11-19-17(12-14)16-7-3-4-8-18(16)23-19/h2-9,14,23H,10-13H2,1H3,(H,22,24). The normalized spacial score (nSPS) is 16.4. The molecule has 3 aromatic rings. The lowest BCUT2D eigenvalue weighted by Crippen LogP contribution is -2.33. The number of amides is 1. The molecule has 4 heteroatoms. The number of rotatable bonds is 4. The van der Waals surface area contributed by atoms with E-state index in [-0.39, 0.29) is 11.8 Å². The van der Waals surface area contributed by atoms with Crippen molar-refractivity contribution in [2.24, 2.45) is 5.92 Å². The summed E-state index contributed by atoms with van der Waals surface area (Å²) in [5, 5.41) is 4.34. The van der Waals surface area contributed by atoms with Crippen LogP contribution in [0.2, 0.25) is 0 Å². The van der Waals surface area contributed by atoms with Crippen molar-refractivity contribution in [3.05, 3.63) is 65.4 Å². The van der Waals surface area contributed by atoms with Crippen LogP contribution in [-0.4, -0.2) is 18.0 Å². The molecule has 0 saturated heterocycles. The molecule has 0 aliphatic heterocycles. The third-order valence-electron chi connectivity index (χ3n) is 5.11. The maximum absolute atomic E-state index is 12.7. The van der Waals surface area contributed by atoms with Gasteiger partial charge < -0.3 is 15.0 Å². The summed E-state index contributed by atoms with van der Waals surface area (Å²) in [4.78, 5) is 16.2. The minimum absolute atomic E-state index is 0.0291. The fourth-order valence-corrected chi connectivity index (χ4v) is 3.77. The molecule has 1 atom stereocenters. The first-order valence-corrected chi connectivity index (χ1v) is 8.74. The van der Waals surface area contributed by atoms with E-state index in [0.717, 1.165) is 30.6 Å². The highest BCUT2D eigenvalue weighted by Gasteiger charge is 2.27. The van der Waals surface area contributed by atoms with Gasteiger partial charge in [0.25, 0.3) is 0 Å². The molecule has 4 nitrogen and oxygen atoms in total. The van der Waals surface area contributed by atoms with E-state index in [0.29, 0.717) is 6.54 Å². The van der Waals surface area contributed by atoms with Gasteiger partial charge in [-0.15, -0.1) is 0 Å². The summed E-state index contributed by atoms with van der Waals surface area (Å²) in [7, 11) is 1.65. The van der Waals surface area contributed by atoms with Crippen LogP contribution in [0.15, 0.2) is 48.5 Å². The minimum atomic E-state index is 0.0291. The summed E-state index contributed by atoms with van der Waals surface area (Å²) < 4.78 is 5.35. The van der Waals surface area contributed by atoms with Crippen molar-refractivity contribution in [2.75, 3.05) is 7.11 Å². The van der Waals surface area contributed by atoms with Gasteiger partial charge >= 0.3 is 0 Å². The summed E-state index contributed by atoms with van der Waals surface area (Å²) in [5.41, 5.74) is 4.76. The Morgan fingerprint density at radius 3 is 2.88 bits per heavy atom. The molecule has 0 radical (unpaired) electrons. The Balaban J connectivity index is 1.47. The van der Waals surface area contributed by atoms with Crippen LogP contribution >= 0.6 is 0 Å². The Morgan fingerprint density at radius 2 is 2.00 bits per heavy atom. The molecule has 1 aliphatic carbocycles. The Labute approximate surface area is 147 Å². The van der Waals surface area contributed by atoms with Crippen LogP contribution in [0.25, 0.3) is 10.9 Å². The number of aromatic nitrogens is 1. The van der Waals surface area contributed by atoms with Crippen molar-refractivity contribution in [3.8, 4) is 5.75 Å². The highest BCUT2D eigenvalue weighted by molar-refractivity contribution is 5.87. The van der Waals surface area contributed by atoms with E-state index in [1.807, 2.05) is 30.3 Å². The fraction of sp³-hybridized carbons (Fsp3) is 0.286. The van der Waals surface area contributed by atoms with Crippen molar-refractivity contribution in [1.29, 1.82) is 0 Å². The van der Waals surface area contributed by atoms with Crippen LogP contribution in [-0.2, 0) is 24.2 Å². The molecule has 2 N–H and O–H groups in total. The first kappa shape index (κ1) is 15.8. The quantitative estimate of drug-likeness (QED) is 0.766. The molecular formula is C21H22N2O2. The number of nitrogens with one attached hydrogen (secondary N) is 2. The second-order valence-corrected chi connectivity index (χ2v) is 6.60. The number of benzene rings is 2. The number of carbonyl (C=O) groups is 1. The fourth-order valence-electron chi connectivity index (χ4n) is 3.77. The molecule has 2 aromatic carbocycles. The number of aromatic amines is 1. The van der Waals surface area contributed by atoms with Gasteiger partial charge in [0.05, 0.1) is 7.11 Å². The Morgan fingerprint density at radius 1 is 1.20 bits per heavy atom. The second kappa shape index (κ2) is 6.63. The second-order valence-electron chi connectivity index (χ2n) is 6.60. The first-order valence-electron chi connectivity index (χ1n) is 8.74. The maximum atomic E-state index is 12.7. The van der Waals surface area contributed by atoms with E-state index in [9.17, 15) is 4.79 Å². The molecule has 128 valence electrons. The maximum Gasteiger partial charge on any atom is 0.223 e. The topological polar surface area (TPSA) is 54.1 Å². The number of hydrogen-bond acceptors (Lipinski definition) is 2. The van der Waals surface area contributed by atoms with Crippen LogP contribution in [0.5, 0.6) is 5.75 Å². The van der Waals surface area contributed by atoms with Gasteiger partial charge in [-0.05, 0) is 37.0 Å². The van der Waals surface area contributed by atoms with Crippen molar-refractivity contribution in [1.82, 2.24) is 10.3 Å². The van der Waals surface area contributed by atoms with Gasteiger partial charge in [-0.2, -0.15) is 0 Å². The van der Waals surface area contributed by atoms with Gasteiger partial charge in [-0.3, -0.25) is 4.79 Å². The van der Waals surface area contributed by atoms with Gasteiger partial charge in [0, 0.05) is 34.6 Å². The van der Waals surface area contributed by atoms with Gasteiger partial charge in [-0.1, -0.05) is 36.4 Å². The van der Waals surface area contributed by atoms with Crippen LogP contribution in [0.1, 0.15) is 23.2 Å². The molecule has 25 heavy (non-hydrogen) atoms. The van der Waals surface area contributed by atoms with Crippen LogP contribution < -0.4 is 10.1 Å². The van der Waals surface area contributed by atoms with Crippen molar-refractivity contribution in [2.45, 2.75) is 25.8 Å². The predicted molar refractivity (Wildman–Crippen MR) is 98.7 cm³/mol. The summed E-state index contributed by atoms with van der Waals surface area (Å²) in [6.45, 7) is 0.500. The van der Waals surface area contributed by atoms with E-state index >= 15 is 0 Å². The number of para-hydroxylation sites is 2. The summed E-state index contributed by atoms with van der Waals surface area (Å²) in [6.07, 6.45) is 2.62. The average Bonchev–Trinajstić information content (AvgIpc) is 3.04. The lowest BCUT2D eigenvalue weighted by molar-refractivity contribution is -0.125. The zero-order chi connectivity index (χ0) is 17.2. The van der Waals surface area contributed by atoms with Crippen LogP contribution in [0.3, 0.4) is 0 Å². The number of carbonyl (C=O) groups excluding carboxylic acids is 1. The van der Waals surface area contributed by atoms with Gasteiger partial charge in [0.15, 0.2) is 0 Å². The Kier molecular flexibility index (Phi) is 4.18. The molecule has 1 unspecified atom stereocenters. The zero-order valence-electron chi connectivity index (χ0n) is 14.3. The highest BCUT2D eigenvalue weighted by atomic mass is 16.5. The molecule has 1 amide bonds. The van der Waals surface area contributed by atoms with E-state index in [2.05, 4.69) is 28.5 Å². The summed E-state index contributed by atoms with van der Waals surface area (Å²) in [6, 6.07) is 16.1. The van der Waals surface area contributed by atoms with E-state index in [1.165, 1.54) is 22.2 Å². The average molecular weight is 334 g/mol.